The number of ether oxygens (including phenoxy) is 1. The third kappa shape index (κ3) is 4.16. The normalized spacial score (nSPS) is 10.8. The van der Waals surface area contributed by atoms with E-state index in [2.05, 4.69) is 19.0 Å². The van der Waals surface area contributed by atoms with E-state index in [4.69, 9.17) is 15.1 Å². The zero-order valence-electron chi connectivity index (χ0n) is 10.2. The van der Waals surface area contributed by atoms with E-state index >= 15 is 0 Å². The highest BCUT2D eigenvalue weighted by molar-refractivity contribution is 5.91. The highest BCUT2D eigenvalue weighted by Gasteiger charge is 2.11. The van der Waals surface area contributed by atoms with E-state index in [1.54, 1.807) is 0 Å². The van der Waals surface area contributed by atoms with Gasteiger partial charge in [-0.15, -0.1) is 0 Å². The Kier molecular flexibility index (Phi) is 5.65. The Hall–Kier alpha value is -1.40. The van der Waals surface area contributed by atoms with Crippen LogP contribution in [0.15, 0.2) is 10.6 Å². The molecular weight excluding hydrogens is 222 g/mol. The molecule has 0 aromatic carbocycles. The Morgan fingerprint density at radius 2 is 2.29 bits per heavy atom. The number of hydrogen-bond acceptors (Lipinski definition) is 5. The quantitative estimate of drug-likeness (QED) is 0.425. The second-order valence-electron chi connectivity index (χ2n) is 3.85. The van der Waals surface area contributed by atoms with Gasteiger partial charge in [0.1, 0.15) is 6.61 Å². The fourth-order valence-corrected chi connectivity index (χ4v) is 1.41. The van der Waals surface area contributed by atoms with E-state index in [0.717, 1.165) is 12.8 Å². The summed E-state index contributed by atoms with van der Waals surface area (Å²) in [5, 5.41) is 3.58. The van der Waals surface area contributed by atoms with Gasteiger partial charge in [0.2, 0.25) is 0 Å². The Morgan fingerprint density at radius 1 is 1.59 bits per heavy atom. The highest BCUT2D eigenvalue weighted by atomic mass is 16.5. The van der Waals surface area contributed by atoms with E-state index in [1.165, 1.54) is 6.07 Å². The number of nitrogens with two attached hydrogens (primary N) is 1. The van der Waals surface area contributed by atoms with Crippen molar-refractivity contribution in [3.05, 3.63) is 17.5 Å². The molecular formula is C11H19N3O3. The van der Waals surface area contributed by atoms with Crippen LogP contribution in [0.25, 0.3) is 0 Å². The van der Waals surface area contributed by atoms with Gasteiger partial charge in [0.05, 0.1) is 0 Å². The molecule has 96 valence electrons. The predicted octanol–water partition coefficient (Wildman–Crippen LogP) is 1.23. The molecule has 1 aromatic heterocycles. The molecule has 17 heavy (non-hydrogen) atoms. The van der Waals surface area contributed by atoms with E-state index in [9.17, 15) is 4.79 Å². The number of amides is 1. The summed E-state index contributed by atoms with van der Waals surface area (Å²) in [7, 11) is 0. The standard InChI is InChI=1S/C11H19N3O3/c1-3-8(4-2)6-16-7-9-5-10(14-17-9)11(15)13-12/h5,8H,3-4,6-7,12H2,1-2H3,(H,13,15). The summed E-state index contributed by atoms with van der Waals surface area (Å²) in [6.45, 7) is 5.28. The maximum absolute atomic E-state index is 11.1. The third-order valence-corrected chi connectivity index (χ3v) is 2.68. The van der Waals surface area contributed by atoms with Gasteiger partial charge in [-0.05, 0) is 5.92 Å². The summed E-state index contributed by atoms with van der Waals surface area (Å²) >= 11 is 0. The maximum atomic E-state index is 11.1. The minimum absolute atomic E-state index is 0.161. The van der Waals surface area contributed by atoms with Crippen molar-refractivity contribution in [2.75, 3.05) is 6.61 Å². The zero-order chi connectivity index (χ0) is 12.7. The summed E-state index contributed by atoms with van der Waals surface area (Å²) < 4.78 is 10.4. The molecule has 0 aliphatic rings. The molecule has 0 aliphatic heterocycles. The molecule has 0 aliphatic carbocycles. The average molecular weight is 241 g/mol. The van der Waals surface area contributed by atoms with Crippen LogP contribution >= 0.6 is 0 Å². The summed E-state index contributed by atoms with van der Waals surface area (Å²) in [5.74, 6) is 5.59. The Balaban J connectivity index is 2.37. The topological polar surface area (TPSA) is 90.4 Å². The van der Waals surface area contributed by atoms with Gasteiger partial charge in [0, 0.05) is 12.7 Å². The van der Waals surface area contributed by atoms with Crippen LogP contribution in [-0.4, -0.2) is 17.7 Å². The number of hydrazine groups is 1. The fourth-order valence-electron chi connectivity index (χ4n) is 1.41. The number of aromatic nitrogens is 1. The molecule has 1 rings (SSSR count). The van der Waals surface area contributed by atoms with Crippen molar-refractivity contribution in [2.45, 2.75) is 33.3 Å². The Morgan fingerprint density at radius 3 is 2.88 bits per heavy atom. The lowest BCUT2D eigenvalue weighted by atomic mass is 10.1. The molecule has 0 bridgehead atoms. The first-order valence-corrected chi connectivity index (χ1v) is 5.75. The fraction of sp³-hybridized carbons (Fsp3) is 0.636. The first-order valence-electron chi connectivity index (χ1n) is 5.75. The molecule has 0 unspecified atom stereocenters. The molecule has 1 amide bonds. The van der Waals surface area contributed by atoms with Crippen LogP contribution in [0.5, 0.6) is 0 Å². The lowest BCUT2D eigenvalue weighted by Crippen LogP contribution is -2.30. The largest absolute Gasteiger partial charge is 0.373 e. The average Bonchev–Trinajstić information content (AvgIpc) is 2.82. The molecule has 0 saturated carbocycles. The number of nitrogen functional groups attached to an aromatic ring is 1. The molecule has 0 spiro atoms. The molecule has 6 nitrogen and oxygen atoms in total. The molecule has 0 atom stereocenters. The van der Waals surface area contributed by atoms with Crippen molar-refractivity contribution in [1.29, 1.82) is 0 Å². The van der Waals surface area contributed by atoms with E-state index < -0.39 is 5.91 Å². The number of carbonyl (C=O) groups is 1. The number of rotatable bonds is 7. The van der Waals surface area contributed by atoms with E-state index in [-0.39, 0.29) is 5.69 Å². The number of hydrogen-bond donors (Lipinski definition) is 2. The second-order valence-corrected chi connectivity index (χ2v) is 3.85. The monoisotopic (exact) mass is 241 g/mol. The van der Waals surface area contributed by atoms with Crippen LogP contribution in [0.3, 0.4) is 0 Å². The van der Waals surface area contributed by atoms with Gasteiger partial charge >= 0.3 is 0 Å². The summed E-state index contributed by atoms with van der Waals surface area (Å²) in [5.41, 5.74) is 2.15. The number of nitrogens with zero attached hydrogens (tertiary/aromatic N) is 1. The molecule has 6 heteroatoms. The minimum Gasteiger partial charge on any atom is -0.373 e. The van der Waals surface area contributed by atoms with E-state index in [0.29, 0.717) is 24.9 Å². The van der Waals surface area contributed by atoms with Crippen molar-refractivity contribution in [3.63, 3.8) is 0 Å². The van der Waals surface area contributed by atoms with Crippen LogP contribution in [-0.2, 0) is 11.3 Å². The van der Waals surface area contributed by atoms with Crippen molar-refractivity contribution >= 4 is 5.91 Å². The maximum Gasteiger partial charge on any atom is 0.287 e. The molecule has 1 aromatic rings. The second kappa shape index (κ2) is 7.03. The molecule has 3 N–H and O–H groups in total. The van der Waals surface area contributed by atoms with Crippen LogP contribution in [0.1, 0.15) is 42.9 Å². The van der Waals surface area contributed by atoms with E-state index in [1.807, 2.05) is 5.43 Å². The first kappa shape index (κ1) is 13.7. The van der Waals surface area contributed by atoms with Crippen LogP contribution in [0, 0.1) is 5.92 Å². The SMILES string of the molecule is CCC(CC)COCc1cc(C(=O)NN)no1. The van der Waals surface area contributed by atoms with Crippen molar-refractivity contribution in [2.24, 2.45) is 11.8 Å². The summed E-state index contributed by atoms with van der Waals surface area (Å²) in [6, 6.07) is 1.52. The van der Waals surface area contributed by atoms with Gasteiger partial charge in [-0.3, -0.25) is 10.2 Å². The van der Waals surface area contributed by atoms with Gasteiger partial charge < -0.3 is 9.26 Å². The van der Waals surface area contributed by atoms with Gasteiger partial charge in [0.15, 0.2) is 11.5 Å². The van der Waals surface area contributed by atoms with Gasteiger partial charge in [-0.25, -0.2) is 5.84 Å². The van der Waals surface area contributed by atoms with Gasteiger partial charge in [-0.2, -0.15) is 0 Å². The van der Waals surface area contributed by atoms with Crippen LogP contribution < -0.4 is 11.3 Å². The number of carbonyl (C=O) groups excluding carboxylic acids is 1. The minimum atomic E-state index is -0.472. The smallest absolute Gasteiger partial charge is 0.287 e. The van der Waals surface area contributed by atoms with Crippen LogP contribution in [0.2, 0.25) is 0 Å². The van der Waals surface area contributed by atoms with Crippen molar-refractivity contribution in [3.8, 4) is 0 Å². The summed E-state index contributed by atoms with van der Waals surface area (Å²) in [6.07, 6.45) is 2.18. The van der Waals surface area contributed by atoms with Crippen molar-refractivity contribution in [1.82, 2.24) is 10.6 Å². The molecule has 1 heterocycles. The zero-order valence-corrected chi connectivity index (χ0v) is 10.2. The third-order valence-electron chi connectivity index (χ3n) is 2.68. The van der Waals surface area contributed by atoms with Crippen LogP contribution in [0.4, 0.5) is 0 Å². The predicted molar refractivity (Wildman–Crippen MR) is 61.9 cm³/mol. The summed E-state index contributed by atoms with van der Waals surface area (Å²) in [4.78, 5) is 11.1. The van der Waals surface area contributed by atoms with Crippen molar-refractivity contribution < 1.29 is 14.1 Å². The van der Waals surface area contributed by atoms with Gasteiger partial charge in [0.25, 0.3) is 5.91 Å². The molecule has 0 radical (unpaired) electrons. The molecule has 0 saturated heterocycles. The Labute approximate surface area is 100 Å². The lowest BCUT2D eigenvalue weighted by Gasteiger charge is -2.11. The molecule has 0 fully saturated rings. The lowest BCUT2D eigenvalue weighted by molar-refractivity contribution is 0.0694. The Bertz CT molecular complexity index is 347. The highest BCUT2D eigenvalue weighted by Crippen LogP contribution is 2.10. The first-order chi connectivity index (χ1) is 8.21. The number of nitrogens with one attached hydrogen (secondary N) is 1. The van der Waals surface area contributed by atoms with Gasteiger partial charge in [-0.1, -0.05) is 31.8 Å².